The molecule has 0 spiro atoms. The zero-order valence-electron chi connectivity index (χ0n) is 24.2. The maximum atomic E-state index is 6.02. The number of aryl methyl sites for hydroxylation is 1. The van der Waals surface area contributed by atoms with E-state index in [0.717, 1.165) is 74.9 Å². The summed E-state index contributed by atoms with van der Waals surface area (Å²) in [7, 11) is 1.70. The van der Waals surface area contributed by atoms with Gasteiger partial charge in [-0.3, -0.25) is 0 Å². The number of methoxy groups -OCH3 is 1. The molecule has 0 atom stereocenters. The molecule has 3 rings (SSSR count). The molecule has 0 fully saturated rings. The number of hydrogen-bond acceptors (Lipinski definition) is 7. The largest absolute Gasteiger partial charge is 0.491 e. The second kappa shape index (κ2) is 19.9. The number of anilines is 1. The Balaban J connectivity index is 1.21. The van der Waals surface area contributed by atoms with Crippen molar-refractivity contribution in [3.05, 3.63) is 89.5 Å². The summed E-state index contributed by atoms with van der Waals surface area (Å²) < 4.78 is 28.3. The maximum absolute atomic E-state index is 6.02. The molecule has 3 aromatic carbocycles. The minimum atomic E-state index is 0.448. The standard InChI is InChI=1S/C33H46N2O5/c1-28-9-13-31(14-10-28)35-20-19-34-18-5-22-37-24-17-29-11-15-32(16-12-29)40-27-30-7-3-4-8-33(30)39-26-25-38-23-6-21-36-2/h3-4,7-16,34-35H,5-6,17-27H2,1-2H3. The van der Waals surface area contributed by atoms with Crippen LogP contribution < -0.4 is 20.1 Å². The van der Waals surface area contributed by atoms with E-state index < -0.39 is 0 Å². The summed E-state index contributed by atoms with van der Waals surface area (Å²) in [6, 6.07) is 24.7. The van der Waals surface area contributed by atoms with E-state index in [0.29, 0.717) is 33.0 Å². The van der Waals surface area contributed by atoms with Gasteiger partial charge in [-0.05, 0) is 68.6 Å². The van der Waals surface area contributed by atoms with E-state index in [1.165, 1.54) is 11.1 Å². The number of rotatable bonds is 22. The van der Waals surface area contributed by atoms with Gasteiger partial charge < -0.3 is 34.3 Å². The molecule has 0 aliphatic carbocycles. The van der Waals surface area contributed by atoms with Crippen molar-refractivity contribution in [3.63, 3.8) is 0 Å². The maximum Gasteiger partial charge on any atom is 0.126 e. The SMILES string of the molecule is COCCCOCCOc1ccccc1COc1ccc(CCOCCCNCCNc2ccc(C)cc2)cc1. The van der Waals surface area contributed by atoms with Crippen LogP contribution in [-0.2, 0) is 27.2 Å². The van der Waals surface area contributed by atoms with Crippen LogP contribution in [0.2, 0.25) is 0 Å². The molecule has 0 saturated carbocycles. The highest BCUT2D eigenvalue weighted by molar-refractivity contribution is 5.44. The van der Waals surface area contributed by atoms with Crippen molar-refractivity contribution in [1.29, 1.82) is 0 Å². The number of benzene rings is 3. The Bertz CT molecular complexity index is 1040. The average molecular weight is 551 g/mol. The number of para-hydroxylation sites is 1. The molecule has 7 heteroatoms. The quantitative estimate of drug-likeness (QED) is 0.157. The van der Waals surface area contributed by atoms with E-state index in [1.807, 2.05) is 36.4 Å². The molecular weight excluding hydrogens is 504 g/mol. The first-order valence-corrected chi connectivity index (χ1v) is 14.3. The first-order valence-electron chi connectivity index (χ1n) is 14.3. The lowest BCUT2D eigenvalue weighted by Crippen LogP contribution is -2.24. The fourth-order valence-electron chi connectivity index (χ4n) is 3.98. The summed E-state index contributed by atoms with van der Waals surface area (Å²) in [5, 5.41) is 6.88. The van der Waals surface area contributed by atoms with Crippen LogP contribution in [0.4, 0.5) is 5.69 Å². The Morgan fingerprint density at radius 1 is 0.650 bits per heavy atom. The van der Waals surface area contributed by atoms with Gasteiger partial charge in [0, 0.05) is 51.3 Å². The summed E-state index contributed by atoms with van der Waals surface area (Å²) in [6.45, 7) is 9.28. The van der Waals surface area contributed by atoms with Gasteiger partial charge in [0.2, 0.25) is 0 Å². The fraction of sp³-hybridized carbons (Fsp3) is 0.455. The summed E-state index contributed by atoms with van der Waals surface area (Å²) in [5.41, 5.74) is 4.69. The molecule has 0 aliphatic heterocycles. The Morgan fingerprint density at radius 3 is 2.25 bits per heavy atom. The van der Waals surface area contributed by atoms with Gasteiger partial charge in [0.05, 0.1) is 13.2 Å². The molecule has 0 aliphatic rings. The first kappa shape index (κ1) is 31.4. The topological polar surface area (TPSA) is 70.2 Å². The molecule has 0 saturated heterocycles. The third-order valence-electron chi connectivity index (χ3n) is 6.27. The summed E-state index contributed by atoms with van der Waals surface area (Å²) in [5.74, 6) is 1.66. The predicted octanol–water partition coefficient (Wildman–Crippen LogP) is 5.66. The van der Waals surface area contributed by atoms with Crippen LogP contribution in [0.1, 0.15) is 29.5 Å². The molecule has 0 radical (unpaired) electrons. The van der Waals surface area contributed by atoms with Crippen LogP contribution in [0.3, 0.4) is 0 Å². The lowest BCUT2D eigenvalue weighted by molar-refractivity contribution is 0.0801. The van der Waals surface area contributed by atoms with Crippen LogP contribution in [0, 0.1) is 6.92 Å². The van der Waals surface area contributed by atoms with Gasteiger partial charge in [-0.25, -0.2) is 0 Å². The fourth-order valence-corrected chi connectivity index (χ4v) is 3.98. The zero-order chi connectivity index (χ0) is 28.1. The van der Waals surface area contributed by atoms with Gasteiger partial charge in [-0.1, -0.05) is 48.0 Å². The highest BCUT2D eigenvalue weighted by Gasteiger charge is 2.05. The monoisotopic (exact) mass is 550 g/mol. The zero-order valence-corrected chi connectivity index (χ0v) is 24.2. The minimum Gasteiger partial charge on any atom is -0.491 e. The predicted molar refractivity (Wildman–Crippen MR) is 162 cm³/mol. The first-order chi connectivity index (χ1) is 19.7. The molecule has 0 unspecified atom stereocenters. The molecule has 7 nitrogen and oxygen atoms in total. The second-order valence-corrected chi connectivity index (χ2v) is 9.61. The van der Waals surface area contributed by atoms with Crippen LogP contribution >= 0.6 is 0 Å². The van der Waals surface area contributed by atoms with Crippen LogP contribution in [0.25, 0.3) is 0 Å². The van der Waals surface area contributed by atoms with E-state index in [4.69, 9.17) is 23.7 Å². The third-order valence-corrected chi connectivity index (χ3v) is 6.27. The second-order valence-electron chi connectivity index (χ2n) is 9.61. The van der Waals surface area contributed by atoms with Crippen LogP contribution in [-0.4, -0.2) is 66.4 Å². The Hall–Kier alpha value is -3.10. The van der Waals surface area contributed by atoms with Crippen LogP contribution in [0.5, 0.6) is 11.5 Å². The molecule has 0 aromatic heterocycles. The number of nitrogens with one attached hydrogen (secondary N) is 2. The highest BCUT2D eigenvalue weighted by atomic mass is 16.5. The van der Waals surface area contributed by atoms with Crippen molar-refractivity contribution in [2.75, 3.05) is 71.7 Å². The van der Waals surface area contributed by atoms with Crippen molar-refractivity contribution >= 4 is 5.69 Å². The average Bonchev–Trinajstić information content (AvgIpc) is 2.98. The van der Waals surface area contributed by atoms with E-state index in [-0.39, 0.29) is 0 Å². The molecule has 218 valence electrons. The van der Waals surface area contributed by atoms with Crippen molar-refractivity contribution in [3.8, 4) is 11.5 Å². The summed E-state index contributed by atoms with van der Waals surface area (Å²) in [4.78, 5) is 0. The molecule has 40 heavy (non-hydrogen) atoms. The van der Waals surface area contributed by atoms with Gasteiger partial charge in [-0.2, -0.15) is 0 Å². The van der Waals surface area contributed by atoms with Gasteiger partial charge in [-0.15, -0.1) is 0 Å². The van der Waals surface area contributed by atoms with Crippen molar-refractivity contribution in [2.24, 2.45) is 0 Å². The lowest BCUT2D eigenvalue weighted by Gasteiger charge is -2.13. The third kappa shape index (κ3) is 13.3. The molecule has 0 amide bonds. The molecule has 0 bridgehead atoms. The Kier molecular flexibility index (Phi) is 15.6. The van der Waals surface area contributed by atoms with Gasteiger partial charge >= 0.3 is 0 Å². The van der Waals surface area contributed by atoms with Gasteiger partial charge in [0.1, 0.15) is 24.7 Å². The summed E-state index contributed by atoms with van der Waals surface area (Å²) >= 11 is 0. The Morgan fingerprint density at radius 2 is 1.43 bits per heavy atom. The smallest absolute Gasteiger partial charge is 0.126 e. The molecule has 0 heterocycles. The highest BCUT2D eigenvalue weighted by Crippen LogP contribution is 2.21. The molecule has 2 N–H and O–H groups in total. The van der Waals surface area contributed by atoms with E-state index in [2.05, 4.69) is 54.0 Å². The van der Waals surface area contributed by atoms with E-state index >= 15 is 0 Å². The lowest BCUT2D eigenvalue weighted by atomic mass is 10.1. The number of ether oxygens (including phenoxy) is 5. The van der Waals surface area contributed by atoms with Crippen LogP contribution in [0.15, 0.2) is 72.8 Å². The normalized spacial score (nSPS) is 10.9. The van der Waals surface area contributed by atoms with Gasteiger partial charge in [0.25, 0.3) is 0 Å². The van der Waals surface area contributed by atoms with E-state index in [9.17, 15) is 0 Å². The van der Waals surface area contributed by atoms with Crippen molar-refractivity contribution in [1.82, 2.24) is 5.32 Å². The number of hydrogen-bond donors (Lipinski definition) is 2. The minimum absolute atomic E-state index is 0.448. The van der Waals surface area contributed by atoms with Gasteiger partial charge in [0.15, 0.2) is 0 Å². The van der Waals surface area contributed by atoms with Crippen molar-refractivity contribution in [2.45, 2.75) is 32.8 Å². The summed E-state index contributed by atoms with van der Waals surface area (Å²) in [6.07, 6.45) is 2.78. The Labute approximate surface area is 240 Å². The molecule has 3 aromatic rings. The van der Waals surface area contributed by atoms with Crippen molar-refractivity contribution < 1.29 is 23.7 Å². The molecular formula is C33H46N2O5. The van der Waals surface area contributed by atoms with E-state index in [1.54, 1.807) is 7.11 Å².